The first-order valence-electron chi connectivity index (χ1n) is 6.07. The van der Waals surface area contributed by atoms with Crippen molar-refractivity contribution in [1.82, 2.24) is 0 Å². The average molecular weight is 271 g/mol. The Kier molecular flexibility index (Phi) is 3.95. The molecule has 0 aliphatic heterocycles. The molecule has 0 saturated heterocycles. The minimum Gasteiger partial charge on any atom is -0.374 e. The third kappa shape index (κ3) is 3.17. The number of halogens is 1. The Balaban J connectivity index is 2.36. The van der Waals surface area contributed by atoms with Crippen LogP contribution < -0.4 is 0 Å². The van der Waals surface area contributed by atoms with E-state index in [0.717, 1.165) is 16.7 Å². The van der Waals surface area contributed by atoms with Gasteiger partial charge in [0.2, 0.25) is 0 Å². The SMILES string of the molecule is Cc1c(Cl)cccc1C#CC(C)(O)c1ccccc1. The zero-order valence-corrected chi connectivity index (χ0v) is 11.7. The summed E-state index contributed by atoms with van der Waals surface area (Å²) in [6.07, 6.45) is 0. The van der Waals surface area contributed by atoms with Gasteiger partial charge in [-0.1, -0.05) is 59.8 Å². The lowest BCUT2D eigenvalue weighted by Crippen LogP contribution is -2.18. The molecule has 0 aliphatic carbocycles. The molecule has 2 aromatic rings. The van der Waals surface area contributed by atoms with E-state index in [0.29, 0.717) is 5.02 Å². The van der Waals surface area contributed by atoms with Crippen molar-refractivity contribution in [2.24, 2.45) is 0 Å². The van der Waals surface area contributed by atoms with Crippen molar-refractivity contribution >= 4 is 11.6 Å². The molecular weight excluding hydrogens is 256 g/mol. The van der Waals surface area contributed by atoms with Crippen molar-refractivity contribution in [2.75, 3.05) is 0 Å². The molecule has 2 rings (SSSR count). The minimum absolute atomic E-state index is 0.686. The second-order valence-electron chi connectivity index (χ2n) is 4.60. The zero-order valence-electron chi connectivity index (χ0n) is 10.9. The minimum atomic E-state index is -1.17. The summed E-state index contributed by atoms with van der Waals surface area (Å²) in [6.45, 7) is 3.61. The number of benzene rings is 2. The maximum atomic E-state index is 10.4. The van der Waals surface area contributed by atoms with E-state index in [2.05, 4.69) is 11.8 Å². The van der Waals surface area contributed by atoms with Crippen LogP contribution in [0.2, 0.25) is 5.02 Å². The largest absolute Gasteiger partial charge is 0.374 e. The zero-order chi connectivity index (χ0) is 13.9. The molecule has 1 atom stereocenters. The second-order valence-corrected chi connectivity index (χ2v) is 5.01. The molecule has 0 amide bonds. The van der Waals surface area contributed by atoms with Crippen LogP contribution in [0.3, 0.4) is 0 Å². The van der Waals surface area contributed by atoms with E-state index in [-0.39, 0.29) is 0 Å². The molecule has 0 bridgehead atoms. The molecule has 0 aromatic heterocycles. The Hall–Kier alpha value is -1.75. The van der Waals surface area contributed by atoms with Crippen molar-refractivity contribution in [1.29, 1.82) is 0 Å². The predicted molar refractivity (Wildman–Crippen MR) is 79.1 cm³/mol. The summed E-state index contributed by atoms with van der Waals surface area (Å²) < 4.78 is 0. The highest BCUT2D eigenvalue weighted by Gasteiger charge is 2.19. The van der Waals surface area contributed by atoms with Crippen LogP contribution in [-0.4, -0.2) is 5.11 Å². The molecule has 0 saturated carbocycles. The summed E-state index contributed by atoms with van der Waals surface area (Å²) in [6, 6.07) is 15.0. The molecule has 0 radical (unpaired) electrons. The quantitative estimate of drug-likeness (QED) is 0.779. The van der Waals surface area contributed by atoms with Gasteiger partial charge in [-0.2, -0.15) is 0 Å². The van der Waals surface area contributed by atoms with Crippen molar-refractivity contribution in [2.45, 2.75) is 19.4 Å². The van der Waals surface area contributed by atoms with Crippen LogP contribution in [0.1, 0.15) is 23.6 Å². The van der Waals surface area contributed by atoms with E-state index in [1.54, 1.807) is 6.92 Å². The van der Waals surface area contributed by atoms with Gasteiger partial charge in [0.25, 0.3) is 0 Å². The van der Waals surface area contributed by atoms with Crippen molar-refractivity contribution in [3.05, 3.63) is 70.2 Å². The third-order valence-corrected chi connectivity index (χ3v) is 3.45. The van der Waals surface area contributed by atoms with E-state index in [9.17, 15) is 5.11 Å². The van der Waals surface area contributed by atoms with E-state index in [1.165, 1.54) is 0 Å². The number of rotatable bonds is 1. The van der Waals surface area contributed by atoms with Gasteiger partial charge in [-0.15, -0.1) is 0 Å². The van der Waals surface area contributed by atoms with Gasteiger partial charge in [0.15, 0.2) is 0 Å². The lowest BCUT2D eigenvalue weighted by atomic mass is 9.96. The van der Waals surface area contributed by atoms with E-state index in [1.807, 2.05) is 55.5 Å². The normalized spacial score (nSPS) is 13.3. The summed E-state index contributed by atoms with van der Waals surface area (Å²) in [5.74, 6) is 5.91. The third-order valence-electron chi connectivity index (χ3n) is 3.04. The highest BCUT2D eigenvalue weighted by atomic mass is 35.5. The molecule has 2 heteroatoms. The smallest absolute Gasteiger partial charge is 0.148 e. The van der Waals surface area contributed by atoms with Crippen LogP contribution >= 0.6 is 11.6 Å². The first-order valence-corrected chi connectivity index (χ1v) is 6.45. The summed E-state index contributed by atoms with van der Waals surface area (Å²) in [4.78, 5) is 0. The van der Waals surface area contributed by atoms with E-state index < -0.39 is 5.60 Å². The van der Waals surface area contributed by atoms with Gasteiger partial charge in [0.1, 0.15) is 5.60 Å². The lowest BCUT2D eigenvalue weighted by Gasteiger charge is -2.16. The van der Waals surface area contributed by atoms with Crippen LogP contribution in [0.5, 0.6) is 0 Å². The summed E-state index contributed by atoms with van der Waals surface area (Å²) in [7, 11) is 0. The number of hydrogen-bond donors (Lipinski definition) is 1. The first-order chi connectivity index (χ1) is 9.00. The first kappa shape index (κ1) is 13.7. The molecule has 1 unspecified atom stereocenters. The maximum Gasteiger partial charge on any atom is 0.148 e. The van der Waals surface area contributed by atoms with Crippen molar-refractivity contribution < 1.29 is 5.11 Å². The topological polar surface area (TPSA) is 20.2 Å². The van der Waals surface area contributed by atoms with Gasteiger partial charge >= 0.3 is 0 Å². The molecule has 1 N–H and O–H groups in total. The summed E-state index contributed by atoms with van der Waals surface area (Å²) in [5.41, 5.74) is 1.38. The van der Waals surface area contributed by atoms with Crippen LogP contribution in [0.4, 0.5) is 0 Å². The Labute approximate surface area is 118 Å². The van der Waals surface area contributed by atoms with E-state index >= 15 is 0 Å². The van der Waals surface area contributed by atoms with E-state index in [4.69, 9.17) is 11.6 Å². The van der Waals surface area contributed by atoms with Crippen LogP contribution in [0.25, 0.3) is 0 Å². The van der Waals surface area contributed by atoms with Gasteiger partial charge in [0, 0.05) is 10.6 Å². The Morgan fingerprint density at radius 2 is 1.74 bits per heavy atom. The maximum absolute atomic E-state index is 10.4. The molecule has 0 fully saturated rings. The van der Waals surface area contributed by atoms with Gasteiger partial charge in [0.05, 0.1) is 0 Å². The van der Waals surface area contributed by atoms with Crippen LogP contribution in [0, 0.1) is 18.8 Å². The lowest BCUT2D eigenvalue weighted by molar-refractivity contribution is 0.122. The van der Waals surface area contributed by atoms with Crippen molar-refractivity contribution in [3.63, 3.8) is 0 Å². The summed E-state index contributed by atoms with van der Waals surface area (Å²) in [5, 5.41) is 11.1. The fourth-order valence-corrected chi connectivity index (χ4v) is 1.94. The molecule has 1 nitrogen and oxygen atoms in total. The molecule has 19 heavy (non-hydrogen) atoms. The Morgan fingerprint density at radius 3 is 2.42 bits per heavy atom. The fraction of sp³-hybridized carbons (Fsp3) is 0.176. The molecule has 0 spiro atoms. The molecule has 0 aliphatic rings. The summed E-state index contributed by atoms with van der Waals surface area (Å²) >= 11 is 6.05. The van der Waals surface area contributed by atoms with Gasteiger partial charge < -0.3 is 5.11 Å². The standard InChI is InChI=1S/C17H15ClO/c1-13-14(7-6-10-16(13)18)11-12-17(2,19)15-8-4-3-5-9-15/h3-10,19H,1-2H3. The average Bonchev–Trinajstić information content (AvgIpc) is 2.41. The monoisotopic (exact) mass is 270 g/mol. The highest BCUT2D eigenvalue weighted by molar-refractivity contribution is 6.31. The molecule has 96 valence electrons. The number of aliphatic hydroxyl groups is 1. The second kappa shape index (κ2) is 5.48. The molecular formula is C17H15ClO. The molecule has 2 aromatic carbocycles. The molecule has 0 heterocycles. The van der Waals surface area contributed by atoms with Crippen LogP contribution in [0.15, 0.2) is 48.5 Å². The van der Waals surface area contributed by atoms with Gasteiger partial charge in [-0.25, -0.2) is 0 Å². The van der Waals surface area contributed by atoms with Crippen molar-refractivity contribution in [3.8, 4) is 11.8 Å². The van der Waals surface area contributed by atoms with Gasteiger partial charge in [-0.3, -0.25) is 0 Å². The highest BCUT2D eigenvalue weighted by Crippen LogP contribution is 2.21. The van der Waals surface area contributed by atoms with Crippen LogP contribution in [-0.2, 0) is 5.60 Å². The fourth-order valence-electron chi connectivity index (χ4n) is 1.77. The van der Waals surface area contributed by atoms with Gasteiger partial charge in [-0.05, 0) is 37.1 Å². The Bertz CT molecular complexity index is 633. The predicted octanol–water partition coefficient (Wildman–Crippen LogP) is 3.91. The number of hydrogen-bond acceptors (Lipinski definition) is 1. The Morgan fingerprint density at radius 1 is 1.05 bits per heavy atom.